The Labute approximate surface area is 95.7 Å². The van der Waals surface area contributed by atoms with Crippen molar-refractivity contribution in [2.24, 2.45) is 0 Å². The van der Waals surface area contributed by atoms with Crippen molar-refractivity contribution in [2.75, 3.05) is 7.05 Å². The van der Waals surface area contributed by atoms with Gasteiger partial charge in [-0.05, 0) is 26.0 Å². The van der Waals surface area contributed by atoms with Gasteiger partial charge in [-0.2, -0.15) is 13.2 Å². The van der Waals surface area contributed by atoms with E-state index in [1.54, 1.807) is 13.0 Å². The molecule has 0 aliphatic rings. The minimum absolute atomic E-state index is 0.562. The Morgan fingerprint density at radius 1 is 1.44 bits per heavy atom. The molecule has 0 saturated heterocycles. The molecule has 16 heavy (non-hydrogen) atoms. The van der Waals surface area contributed by atoms with Crippen molar-refractivity contribution >= 4 is 17.2 Å². The van der Waals surface area contributed by atoms with Crippen LogP contribution in [0.15, 0.2) is 12.1 Å². The first kappa shape index (κ1) is 13.0. The highest BCUT2D eigenvalue weighted by molar-refractivity contribution is 7.12. The number of carbonyl (C=O) groups is 1. The van der Waals surface area contributed by atoms with Gasteiger partial charge in [-0.1, -0.05) is 0 Å². The lowest BCUT2D eigenvalue weighted by molar-refractivity contribution is -0.186. The number of hydrogen-bond acceptors (Lipinski definition) is 2. The first-order valence-electron chi connectivity index (χ1n) is 4.64. The van der Waals surface area contributed by atoms with Gasteiger partial charge in [-0.3, -0.25) is 4.79 Å². The lowest BCUT2D eigenvalue weighted by atomic mass is 10.2. The highest BCUT2D eigenvalue weighted by Crippen LogP contribution is 2.29. The SMILES string of the molecule is Cc1ccc(C(C)N(C)C(=O)C(F)(F)F)s1. The summed E-state index contributed by atoms with van der Waals surface area (Å²) < 4.78 is 36.6. The fourth-order valence-electron chi connectivity index (χ4n) is 1.24. The van der Waals surface area contributed by atoms with E-state index in [0.717, 1.165) is 16.8 Å². The van der Waals surface area contributed by atoms with Crippen molar-refractivity contribution in [1.82, 2.24) is 4.90 Å². The van der Waals surface area contributed by atoms with Crippen LogP contribution in [0.5, 0.6) is 0 Å². The summed E-state index contributed by atoms with van der Waals surface area (Å²) in [6, 6.07) is 3.00. The second-order valence-corrected chi connectivity index (χ2v) is 4.86. The second kappa shape index (κ2) is 4.45. The summed E-state index contributed by atoms with van der Waals surface area (Å²) in [4.78, 5) is 13.5. The van der Waals surface area contributed by atoms with E-state index in [1.165, 1.54) is 11.3 Å². The number of rotatable bonds is 2. The van der Waals surface area contributed by atoms with Crippen molar-refractivity contribution in [3.05, 3.63) is 21.9 Å². The fourth-order valence-corrected chi connectivity index (χ4v) is 2.22. The third-order valence-corrected chi connectivity index (χ3v) is 3.49. The Kier molecular flexibility index (Phi) is 3.62. The topological polar surface area (TPSA) is 20.3 Å². The number of amides is 1. The summed E-state index contributed by atoms with van der Waals surface area (Å²) in [5.41, 5.74) is 0. The van der Waals surface area contributed by atoms with E-state index in [9.17, 15) is 18.0 Å². The minimum Gasteiger partial charge on any atom is -0.330 e. The van der Waals surface area contributed by atoms with Gasteiger partial charge < -0.3 is 4.90 Å². The molecule has 0 aromatic carbocycles. The molecule has 0 N–H and O–H groups in total. The molecule has 0 aliphatic carbocycles. The van der Waals surface area contributed by atoms with Gasteiger partial charge >= 0.3 is 12.1 Å². The molecule has 6 heteroatoms. The Bertz CT molecular complexity index is 386. The molecular weight excluding hydrogens is 239 g/mol. The van der Waals surface area contributed by atoms with Crippen LogP contribution in [-0.4, -0.2) is 24.0 Å². The Morgan fingerprint density at radius 2 is 2.00 bits per heavy atom. The van der Waals surface area contributed by atoms with Crippen LogP contribution in [0.2, 0.25) is 0 Å². The van der Waals surface area contributed by atoms with Crippen molar-refractivity contribution in [3.63, 3.8) is 0 Å². The Morgan fingerprint density at radius 3 is 2.38 bits per heavy atom. The molecule has 1 unspecified atom stereocenters. The molecule has 0 saturated carbocycles. The van der Waals surface area contributed by atoms with Crippen molar-refractivity contribution in [3.8, 4) is 0 Å². The van der Waals surface area contributed by atoms with E-state index in [2.05, 4.69) is 0 Å². The summed E-state index contributed by atoms with van der Waals surface area (Å²) in [6.07, 6.45) is -4.81. The third kappa shape index (κ3) is 2.75. The average molecular weight is 251 g/mol. The van der Waals surface area contributed by atoms with Gasteiger partial charge in [0.15, 0.2) is 0 Å². The van der Waals surface area contributed by atoms with Gasteiger partial charge in [0.25, 0.3) is 0 Å². The van der Waals surface area contributed by atoms with E-state index in [-0.39, 0.29) is 0 Å². The zero-order valence-corrected chi connectivity index (χ0v) is 9.95. The van der Waals surface area contributed by atoms with Crippen LogP contribution in [0, 0.1) is 6.92 Å². The lowest BCUT2D eigenvalue weighted by Gasteiger charge is -2.24. The van der Waals surface area contributed by atoms with Crippen LogP contribution >= 0.6 is 11.3 Å². The Hall–Kier alpha value is -1.04. The molecule has 0 fully saturated rings. The molecule has 1 heterocycles. The quantitative estimate of drug-likeness (QED) is 0.790. The molecule has 0 radical (unpaired) electrons. The summed E-state index contributed by atoms with van der Waals surface area (Å²) >= 11 is 1.39. The maximum Gasteiger partial charge on any atom is 0.471 e. The van der Waals surface area contributed by atoms with Crippen LogP contribution in [0.1, 0.15) is 22.7 Å². The van der Waals surface area contributed by atoms with Gasteiger partial charge in [-0.25, -0.2) is 0 Å². The fraction of sp³-hybridized carbons (Fsp3) is 0.500. The highest BCUT2D eigenvalue weighted by Gasteiger charge is 2.42. The molecule has 90 valence electrons. The summed E-state index contributed by atoms with van der Waals surface area (Å²) in [5, 5.41) is 0. The summed E-state index contributed by atoms with van der Waals surface area (Å²) in [7, 11) is 1.16. The minimum atomic E-state index is -4.81. The van der Waals surface area contributed by atoms with Crippen LogP contribution in [-0.2, 0) is 4.79 Å². The molecule has 1 aromatic rings. The van der Waals surface area contributed by atoms with E-state index in [0.29, 0.717) is 4.90 Å². The summed E-state index contributed by atoms with van der Waals surface area (Å²) in [6.45, 7) is 3.45. The van der Waals surface area contributed by atoms with Gasteiger partial charge in [0.05, 0.1) is 6.04 Å². The number of alkyl halides is 3. The molecule has 0 aliphatic heterocycles. The summed E-state index contributed by atoms with van der Waals surface area (Å²) in [5.74, 6) is -1.81. The van der Waals surface area contributed by atoms with Crippen molar-refractivity contribution < 1.29 is 18.0 Å². The second-order valence-electron chi connectivity index (χ2n) is 3.54. The van der Waals surface area contributed by atoms with Crippen LogP contribution in [0.25, 0.3) is 0 Å². The van der Waals surface area contributed by atoms with Gasteiger partial charge in [0.2, 0.25) is 0 Å². The molecule has 1 atom stereocenters. The molecule has 1 rings (SSSR count). The zero-order chi connectivity index (χ0) is 12.5. The number of hydrogen-bond donors (Lipinski definition) is 0. The van der Waals surface area contributed by atoms with E-state index >= 15 is 0 Å². The molecule has 0 spiro atoms. The number of aryl methyl sites for hydroxylation is 1. The maximum absolute atomic E-state index is 12.2. The first-order valence-corrected chi connectivity index (χ1v) is 5.45. The lowest BCUT2D eigenvalue weighted by Crippen LogP contribution is -2.39. The van der Waals surface area contributed by atoms with Crippen LogP contribution in [0.4, 0.5) is 13.2 Å². The average Bonchev–Trinajstić information content (AvgIpc) is 2.60. The van der Waals surface area contributed by atoms with E-state index in [4.69, 9.17) is 0 Å². The number of halogens is 3. The smallest absolute Gasteiger partial charge is 0.330 e. The van der Waals surface area contributed by atoms with Crippen LogP contribution < -0.4 is 0 Å². The van der Waals surface area contributed by atoms with Crippen molar-refractivity contribution in [2.45, 2.75) is 26.1 Å². The van der Waals surface area contributed by atoms with Crippen LogP contribution in [0.3, 0.4) is 0 Å². The highest BCUT2D eigenvalue weighted by atomic mass is 32.1. The molecule has 1 amide bonds. The first-order chi connectivity index (χ1) is 7.23. The Balaban J connectivity index is 2.82. The van der Waals surface area contributed by atoms with Gasteiger partial charge in [0, 0.05) is 16.8 Å². The number of carbonyl (C=O) groups excluding carboxylic acids is 1. The molecule has 1 aromatic heterocycles. The van der Waals surface area contributed by atoms with E-state index in [1.807, 2.05) is 13.0 Å². The third-order valence-electron chi connectivity index (χ3n) is 2.32. The van der Waals surface area contributed by atoms with Gasteiger partial charge in [0.1, 0.15) is 0 Å². The maximum atomic E-state index is 12.2. The monoisotopic (exact) mass is 251 g/mol. The normalized spacial score (nSPS) is 13.6. The van der Waals surface area contributed by atoms with Crippen molar-refractivity contribution in [1.29, 1.82) is 0 Å². The zero-order valence-electron chi connectivity index (χ0n) is 9.13. The van der Waals surface area contributed by atoms with Gasteiger partial charge in [-0.15, -0.1) is 11.3 Å². The molecule has 2 nitrogen and oxygen atoms in total. The molecular formula is C10H12F3NOS. The number of thiophene rings is 1. The number of nitrogens with zero attached hydrogens (tertiary/aromatic N) is 1. The predicted octanol–water partition coefficient (Wildman–Crippen LogP) is 3.14. The standard InChI is InChI=1S/C10H12F3NOS/c1-6-4-5-8(16-6)7(2)14(3)9(15)10(11,12)13/h4-5,7H,1-3H3. The largest absolute Gasteiger partial charge is 0.471 e. The molecule has 0 bridgehead atoms. The van der Waals surface area contributed by atoms with E-state index < -0.39 is 18.1 Å². The predicted molar refractivity (Wildman–Crippen MR) is 56.3 cm³/mol.